The Morgan fingerprint density at radius 3 is 2.71 bits per heavy atom. The molecule has 0 aliphatic heterocycles. The molecule has 1 aromatic carbocycles. The third-order valence-electron chi connectivity index (χ3n) is 2.76. The van der Waals surface area contributed by atoms with E-state index in [0.717, 1.165) is 10.1 Å². The Hall–Kier alpha value is -1.04. The molecule has 2 unspecified atom stereocenters. The maximum atomic E-state index is 12.7. The topological polar surface area (TPSA) is 32.3 Å². The molecule has 0 spiro atoms. The molecule has 2 atom stereocenters. The SMILES string of the molecule is CNC(C(F)F)C(O)c1ccc2sccc2c1. The summed E-state index contributed by atoms with van der Waals surface area (Å²) in [5, 5.41) is 15.3. The van der Waals surface area contributed by atoms with E-state index >= 15 is 0 Å². The minimum absolute atomic E-state index is 0.510. The van der Waals surface area contributed by atoms with Gasteiger partial charge in [0.25, 0.3) is 6.43 Å². The van der Waals surface area contributed by atoms with Crippen molar-refractivity contribution in [3.05, 3.63) is 35.2 Å². The van der Waals surface area contributed by atoms with Crippen LogP contribution in [0.2, 0.25) is 0 Å². The summed E-state index contributed by atoms with van der Waals surface area (Å²) in [6.07, 6.45) is -3.81. The first-order valence-corrected chi connectivity index (χ1v) is 6.12. The van der Waals surface area contributed by atoms with Crippen LogP contribution in [-0.4, -0.2) is 24.6 Å². The summed E-state index contributed by atoms with van der Waals surface area (Å²) in [5.41, 5.74) is 0.510. The van der Waals surface area contributed by atoms with Gasteiger partial charge in [0.1, 0.15) is 0 Å². The lowest BCUT2D eigenvalue weighted by Gasteiger charge is -2.21. The Labute approximate surface area is 102 Å². The van der Waals surface area contributed by atoms with Gasteiger partial charge in [-0.25, -0.2) is 8.78 Å². The quantitative estimate of drug-likeness (QED) is 0.882. The van der Waals surface area contributed by atoms with E-state index in [9.17, 15) is 13.9 Å². The molecule has 0 amide bonds. The third-order valence-corrected chi connectivity index (χ3v) is 3.66. The normalized spacial score (nSPS) is 15.4. The van der Waals surface area contributed by atoms with Crippen molar-refractivity contribution in [3.63, 3.8) is 0 Å². The van der Waals surface area contributed by atoms with Crippen LogP contribution >= 0.6 is 11.3 Å². The average Bonchev–Trinajstić information content (AvgIpc) is 2.75. The number of benzene rings is 1. The Balaban J connectivity index is 2.31. The van der Waals surface area contributed by atoms with E-state index in [-0.39, 0.29) is 0 Å². The van der Waals surface area contributed by atoms with Gasteiger partial charge in [0.05, 0.1) is 12.1 Å². The van der Waals surface area contributed by atoms with Gasteiger partial charge in [-0.15, -0.1) is 11.3 Å². The van der Waals surface area contributed by atoms with Crippen LogP contribution in [0.1, 0.15) is 11.7 Å². The Kier molecular flexibility index (Phi) is 3.71. The first-order valence-electron chi connectivity index (χ1n) is 5.24. The average molecular weight is 257 g/mol. The van der Waals surface area contributed by atoms with Gasteiger partial charge >= 0.3 is 0 Å². The minimum atomic E-state index is -2.60. The highest BCUT2D eigenvalue weighted by molar-refractivity contribution is 7.17. The number of aliphatic hydroxyl groups is 1. The minimum Gasteiger partial charge on any atom is -0.387 e. The molecule has 2 nitrogen and oxygen atoms in total. The van der Waals surface area contributed by atoms with E-state index in [1.54, 1.807) is 23.5 Å². The third kappa shape index (κ3) is 2.46. The van der Waals surface area contributed by atoms with Crippen LogP contribution < -0.4 is 5.32 Å². The number of alkyl halides is 2. The van der Waals surface area contributed by atoms with E-state index in [1.807, 2.05) is 17.5 Å². The van der Waals surface area contributed by atoms with Gasteiger partial charge in [-0.3, -0.25) is 0 Å². The van der Waals surface area contributed by atoms with Crippen LogP contribution in [0.4, 0.5) is 8.78 Å². The molecule has 2 aromatic rings. The molecule has 92 valence electrons. The molecule has 0 aliphatic rings. The molecule has 2 N–H and O–H groups in total. The number of halogens is 2. The molecule has 17 heavy (non-hydrogen) atoms. The van der Waals surface area contributed by atoms with Gasteiger partial charge in [-0.2, -0.15) is 0 Å². The monoisotopic (exact) mass is 257 g/mol. The van der Waals surface area contributed by atoms with Crippen LogP contribution in [0.15, 0.2) is 29.6 Å². The summed E-state index contributed by atoms with van der Waals surface area (Å²) in [5.74, 6) is 0. The van der Waals surface area contributed by atoms with Crippen molar-refractivity contribution in [3.8, 4) is 0 Å². The van der Waals surface area contributed by atoms with E-state index in [4.69, 9.17) is 0 Å². The smallest absolute Gasteiger partial charge is 0.256 e. The molecule has 5 heteroatoms. The van der Waals surface area contributed by atoms with Crippen molar-refractivity contribution in [2.45, 2.75) is 18.6 Å². The molecular formula is C12H13F2NOS. The number of nitrogens with one attached hydrogen (secondary N) is 1. The van der Waals surface area contributed by atoms with Crippen LogP contribution in [0, 0.1) is 0 Å². The standard InChI is InChI=1S/C12H13F2NOS/c1-15-10(12(13)14)11(16)8-2-3-9-7(6-8)4-5-17-9/h2-6,10-12,15-16H,1H3. The fraction of sp³-hybridized carbons (Fsp3) is 0.333. The molecular weight excluding hydrogens is 244 g/mol. The molecule has 0 fully saturated rings. The summed E-state index contributed by atoms with van der Waals surface area (Å²) >= 11 is 1.58. The zero-order valence-corrected chi connectivity index (χ0v) is 10.0. The lowest BCUT2D eigenvalue weighted by molar-refractivity contribution is 0.0210. The molecule has 1 aromatic heterocycles. The lowest BCUT2D eigenvalue weighted by atomic mass is 10.0. The van der Waals surface area contributed by atoms with E-state index < -0.39 is 18.6 Å². The van der Waals surface area contributed by atoms with Gasteiger partial charge in [0.15, 0.2) is 0 Å². The molecule has 2 rings (SSSR count). The van der Waals surface area contributed by atoms with Crippen molar-refractivity contribution >= 4 is 21.4 Å². The second-order valence-electron chi connectivity index (χ2n) is 3.81. The first kappa shape index (κ1) is 12.4. The van der Waals surface area contributed by atoms with Crippen molar-refractivity contribution in [1.29, 1.82) is 0 Å². The number of hydrogen-bond acceptors (Lipinski definition) is 3. The number of rotatable bonds is 4. The second-order valence-corrected chi connectivity index (χ2v) is 4.76. The number of aliphatic hydroxyl groups excluding tert-OH is 1. The number of thiophene rings is 1. The van der Waals surface area contributed by atoms with Crippen LogP contribution in [0.25, 0.3) is 10.1 Å². The molecule has 0 saturated carbocycles. The fourth-order valence-corrected chi connectivity index (χ4v) is 2.57. The zero-order chi connectivity index (χ0) is 12.4. The molecule has 0 aliphatic carbocycles. The zero-order valence-electron chi connectivity index (χ0n) is 9.23. The van der Waals surface area contributed by atoms with Gasteiger partial charge in [0, 0.05) is 4.70 Å². The Morgan fingerprint density at radius 2 is 2.06 bits per heavy atom. The summed E-state index contributed by atoms with van der Waals surface area (Å²) in [4.78, 5) is 0. The van der Waals surface area contributed by atoms with Crippen molar-refractivity contribution in [2.24, 2.45) is 0 Å². The summed E-state index contributed by atoms with van der Waals surface area (Å²) < 4.78 is 26.4. The summed E-state index contributed by atoms with van der Waals surface area (Å²) in [6.45, 7) is 0. The molecule has 0 bridgehead atoms. The van der Waals surface area contributed by atoms with Crippen molar-refractivity contribution in [1.82, 2.24) is 5.32 Å². The highest BCUT2D eigenvalue weighted by Crippen LogP contribution is 2.27. The first-order chi connectivity index (χ1) is 8.13. The second kappa shape index (κ2) is 5.08. The molecule has 0 saturated heterocycles. The summed E-state index contributed by atoms with van der Waals surface area (Å²) in [7, 11) is 1.42. The van der Waals surface area contributed by atoms with Crippen molar-refractivity contribution in [2.75, 3.05) is 7.05 Å². The maximum absolute atomic E-state index is 12.7. The highest BCUT2D eigenvalue weighted by atomic mass is 32.1. The number of hydrogen-bond donors (Lipinski definition) is 2. The van der Waals surface area contributed by atoms with Crippen LogP contribution in [0.3, 0.4) is 0 Å². The van der Waals surface area contributed by atoms with E-state index in [0.29, 0.717) is 5.56 Å². The Morgan fingerprint density at radius 1 is 1.29 bits per heavy atom. The largest absolute Gasteiger partial charge is 0.387 e. The lowest BCUT2D eigenvalue weighted by Crippen LogP contribution is -2.38. The van der Waals surface area contributed by atoms with Crippen LogP contribution in [0.5, 0.6) is 0 Å². The summed E-state index contributed by atoms with van der Waals surface area (Å²) in [6, 6.07) is 5.95. The van der Waals surface area contributed by atoms with Gasteiger partial charge < -0.3 is 10.4 Å². The molecule has 1 heterocycles. The van der Waals surface area contributed by atoms with Gasteiger partial charge in [-0.05, 0) is 41.6 Å². The number of likely N-dealkylation sites (N-methyl/N-ethyl adjacent to an activating group) is 1. The van der Waals surface area contributed by atoms with Crippen molar-refractivity contribution < 1.29 is 13.9 Å². The number of fused-ring (bicyclic) bond motifs is 1. The predicted molar refractivity (Wildman–Crippen MR) is 65.6 cm³/mol. The fourth-order valence-electron chi connectivity index (χ4n) is 1.80. The highest BCUT2D eigenvalue weighted by Gasteiger charge is 2.27. The van der Waals surface area contributed by atoms with Gasteiger partial charge in [0.2, 0.25) is 0 Å². The van der Waals surface area contributed by atoms with E-state index in [2.05, 4.69) is 5.32 Å². The molecule has 0 radical (unpaired) electrons. The van der Waals surface area contributed by atoms with Gasteiger partial charge in [-0.1, -0.05) is 6.07 Å². The van der Waals surface area contributed by atoms with E-state index in [1.165, 1.54) is 7.05 Å². The Bertz CT molecular complexity index is 500. The maximum Gasteiger partial charge on any atom is 0.256 e. The predicted octanol–water partition coefficient (Wildman–Crippen LogP) is 2.79. The van der Waals surface area contributed by atoms with Crippen LogP contribution in [-0.2, 0) is 0 Å².